The van der Waals surface area contributed by atoms with Gasteiger partial charge in [-0.3, -0.25) is 4.99 Å². The fourth-order valence-corrected chi connectivity index (χ4v) is 3.49. The maximum Gasteiger partial charge on any atom is 0.193 e. The van der Waals surface area contributed by atoms with Gasteiger partial charge in [-0.05, 0) is 43.5 Å². The topological polar surface area (TPSA) is 59.2 Å². The Kier molecular flexibility index (Phi) is 7.51. The first-order valence-corrected chi connectivity index (χ1v) is 9.92. The number of morpholine rings is 1. The molecule has 1 saturated heterocycles. The highest BCUT2D eigenvalue weighted by Crippen LogP contribution is 2.25. The van der Waals surface area contributed by atoms with E-state index in [9.17, 15) is 0 Å². The molecule has 1 N–H and O–H groups in total. The molecule has 0 amide bonds. The van der Waals surface area contributed by atoms with E-state index in [2.05, 4.69) is 47.3 Å². The van der Waals surface area contributed by atoms with Gasteiger partial charge in [0.1, 0.15) is 18.5 Å². The zero-order valence-corrected chi connectivity index (χ0v) is 17.1. The third kappa shape index (κ3) is 5.59. The smallest absolute Gasteiger partial charge is 0.193 e. The van der Waals surface area contributed by atoms with E-state index >= 15 is 0 Å². The van der Waals surface area contributed by atoms with Crippen molar-refractivity contribution < 1.29 is 13.9 Å². The highest BCUT2D eigenvalue weighted by atomic mass is 16.5. The van der Waals surface area contributed by atoms with Gasteiger partial charge < -0.3 is 24.1 Å². The molecule has 28 heavy (non-hydrogen) atoms. The molecule has 6 nitrogen and oxygen atoms in total. The zero-order chi connectivity index (χ0) is 19.8. The van der Waals surface area contributed by atoms with E-state index in [4.69, 9.17) is 13.9 Å². The summed E-state index contributed by atoms with van der Waals surface area (Å²) in [6.07, 6.45) is 2.65. The second-order valence-corrected chi connectivity index (χ2v) is 7.12. The number of hydrogen-bond acceptors (Lipinski definition) is 4. The number of guanidine groups is 1. The lowest BCUT2D eigenvalue weighted by molar-refractivity contribution is -0.00835. The molecule has 0 radical (unpaired) electrons. The van der Waals surface area contributed by atoms with Crippen LogP contribution in [0.2, 0.25) is 0 Å². The molecule has 0 spiro atoms. The minimum Gasteiger partial charge on any atom is -0.467 e. The molecule has 0 saturated carbocycles. The molecule has 1 atom stereocenters. The molecule has 0 bridgehead atoms. The Morgan fingerprint density at radius 1 is 1.32 bits per heavy atom. The Morgan fingerprint density at radius 2 is 2.21 bits per heavy atom. The monoisotopic (exact) mass is 385 g/mol. The summed E-state index contributed by atoms with van der Waals surface area (Å²) >= 11 is 0. The first-order valence-electron chi connectivity index (χ1n) is 9.92. The van der Waals surface area contributed by atoms with Crippen molar-refractivity contribution in [2.45, 2.75) is 33.0 Å². The maximum absolute atomic E-state index is 6.05. The number of nitrogens with zero attached hydrogens (tertiary/aromatic N) is 2. The van der Waals surface area contributed by atoms with Gasteiger partial charge in [-0.1, -0.05) is 23.8 Å². The van der Waals surface area contributed by atoms with Crippen molar-refractivity contribution in [3.8, 4) is 0 Å². The van der Waals surface area contributed by atoms with Crippen LogP contribution in [0.5, 0.6) is 0 Å². The van der Waals surface area contributed by atoms with Gasteiger partial charge in [0.2, 0.25) is 0 Å². The van der Waals surface area contributed by atoms with Crippen molar-refractivity contribution in [1.29, 1.82) is 0 Å². The molecule has 3 rings (SSSR count). The SMILES string of the molecule is CN=C(NCCCOCc1ccco1)N1CCOC(c2ccc(C)cc2C)C1. The minimum absolute atomic E-state index is 0.0736. The van der Waals surface area contributed by atoms with Crippen LogP contribution in [-0.4, -0.2) is 50.8 Å². The average molecular weight is 386 g/mol. The van der Waals surface area contributed by atoms with Gasteiger partial charge in [0, 0.05) is 26.7 Å². The lowest BCUT2D eigenvalue weighted by atomic mass is 10.00. The molecule has 0 aliphatic carbocycles. The predicted octanol–water partition coefficient (Wildman–Crippen LogP) is 3.45. The Hall–Kier alpha value is -2.31. The number of nitrogens with one attached hydrogen (secondary N) is 1. The van der Waals surface area contributed by atoms with Crippen LogP contribution in [0, 0.1) is 13.8 Å². The van der Waals surface area contributed by atoms with Crippen molar-refractivity contribution in [3.05, 3.63) is 59.0 Å². The summed E-state index contributed by atoms with van der Waals surface area (Å²) < 4.78 is 16.9. The molecule has 2 aromatic rings. The van der Waals surface area contributed by atoms with Crippen molar-refractivity contribution in [2.24, 2.45) is 4.99 Å². The molecule has 1 fully saturated rings. The molecule has 1 aliphatic rings. The standard InChI is InChI=1S/C22H31N3O3/c1-17-7-8-20(18(2)14-17)21-15-25(10-13-28-21)22(23-3)24-9-5-11-26-16-19-6-4-12-27-19/h4,6-8,12,14,21H,5,9-11,13,15-16H2,1-3H3,(H,23,24). The summed E-state index contributed by atoms with van der Waals surface area (Å²) in [4.78, 5) is 6.73. The van der Waals surface area contributed by atoms with Crippen LogP contribution in [0.4, 0.5) is 0 Å². The van der Waals surface area contributed by atoms with E-state index in [1.165, 1.54) is 16.7 Å². The van der Waals surface area contributed by atoms with Crippen LogP contribution in [0.3, 0.4) is 0 Å². The van der Waals surface area contributed by atoms with E-state index in [0.717, 1.165) is 37.8 Å². The van der Waals surface area contributed by atoms with Crippen LogP contribution in [0.15, 0.2) is 46.0 Å². The van der Waals surface area contributed by atoms with E-state index in [1.807, 2.05) is 19.2 Å². The third-order valence-electron chi connectivity index (χ3n) is 4.92. The summed E-state index contributed by atoms with van der Waals surface area (Å²) in [6, 6.07) is 10.3. The van der Waals surface area contributed by atoms with E-state index in [-0.39, 0.29) is 6.10 Å². The highest BCUT2D eigenvalue weighted by Gasteiger charge is 2.25. The molecule has 6 heteroatoms. The fraction of sp³-hybridized carbons (Fsp3) is 0.500. The highest BCUT2D eigenvalue weighted by molar-refractivity contribution is 5.80. The van der Waals surface area contributed by atoms with E-state index in [0.29, 0.717) is 19.8 Å². The normalized spacial score (nSPS) is 17.8. The van der Waals surface area contributed by atoms with Crippen molar-refractivity contribution in [2.75, 3.05) is 39.9 Å². The molecule has 1 aromatic carbocycles. The first kappa shape index (κ1) is 20.4. The predicted molar refractivity (Wildman–Crippen MR) is 111 cm³/mol. The van der Waals surface area contributed by atoms with Crippen molar-refractivity contribution in [1.82, 2.24) is 10.2 Å². The quantitative estimate of drug-likeness (QED) is 0.449. The van der Waals surface area contributed by atoms with Crippen LogP contribution in [0.1, 0.15) is 35.0 Å². The van der Waals surface area contributed by atoms with Gasteiger partial charge >= 0.3 is 0 Å². The molecule has 1 aliphatic heterocycles. The van der Waals surface area contributed by atoms with Gasteiger partial charge in [0.25, 0.3) is 0 Å². The molecule has 1 aromatic heterocycles. The van der Waals surface area contributed by atoms with Gasteiger partial charge in [-0.25, -0.2) is 0 Å². The molecule has 2 heterocycles. The van der Waals surface area contributed by atoms with E-state index in [1.54, 1.807) is 6.26 Å². The van der Waals surface area contributed by atoms with Crippen LogP contribution < -0.4 is 5.32 Å². The summed E-state index contributed by atoms with van der Waals surface area (Å²) in [5, 5.41) is 3.45. The van der Waals surface area contributed by atoms with Crippen LogP contribution in [0.25, 0.3) is 0 Å². The first-order chi connectivity index (χ1) is 13.7. The number of ether oxygens (including phenoxy) is 2. The maximum atomic E-state index is 6.05. The Bertz CT molecular complexity index is 758. The third-order valence-corrected chi connectivity index (χ3v) is 4.92. The Balaban J connectivity index is 1.44. The number of aryl methyl sites for hydroxylation is 2. The molecule has 152 valence electrons. The minimum atomic E-state index is 0.0736. The van der Waals surface area contributed by atoms with Gasteiger partial charge in [0.15, 0.2) is 5.96 Å². The van der Waals surface area contributed by atoms with Crippen molar-refractivity contribution in [3.63, 3.8) is 0 Å². The summed E-state index contributed by atoms with van der Waals surface area (Å²) in [7, 11) is 1.83. The number of rotatable bonds is 7. The van der Waals surface area contributed by atoms with Gasteiger partial charge in [-0.15, -0.1) is 0 Å². The van der Waals surface area contributed by atoms with Crippen LogP contribution in [-0.2, 0) is 16.1 Å². The molecular formula is C22H31N3O3. The largest absolute Gasteiger partial charge is 0.467 e. The number of benzene rings is 1. The van der Waals surface area contributed by atoms with Crippen molar-refractivity contribution >= 4 is 5.96 Å². The number of aliphatic imine (C=N–C) groups is 1. The number of furan rings is 1. The fourth-order valence-electron chi connectivity index (χ4n) is 3.49. The second-order valence-electron chi connectivity index (χ2n) is 7.12. The lowest BCUT2D eigenvalue weighted by Crippen LogP contribution is -2.48. The molecular weight excluding hydrogens is 354 g/mol. The summed E-state index contributed by atoms with van der Waals surface area (Å²) in [5.74, 6) is 1.78. The average Bonchev–Trinajstić information content (AvgIpc) is 3.21. The zero-order valence-electron chi connectivity index (χ0n) is 17.1. The lowest BCUT2D eigenvalue weighted by Gasteiger charge is -2.35. The Labute approximate surface area is 167 Å². The summed E-state index contributed by atoms with van der Waals surface area (Å²) in [6.45, 7) is 8.63. The van der Waals surface area contributed by atoms with Gasteiger partial charge in [0.05, 0.1) is 19.4 Å². The van der Waals surface area contributed by atoms with Crippen LogP contribution >= 0.6 is 0 Å². The molecule has 1 unspecified atom stereocenters. The Morgan fingerprint density at radius 3 is 2.96 bits per heavy atom. The summed E-state index contributed by atoms with van der Waals surface area (Å²) in [5.41, 5.74) is 3.82. The second kappa shape index (κ2) is 10.3. The van der Waals surface area contributed by atoms with E-state index < -0.39 is 0 Å². The van der Waals surface area contributed by atoms with Gasteiger partial charge in [-0.2, -0.15) is 0 Å². The number of hydrogen-bond donors (Lipinski definition) is 1.